The van der Waals surface area contributed by atoms with Crippen molar-refractivity contribution in [1.29, 1.82) is 0 Å². The molecule has 0 aromatic heterocycles. The Labute approximate surface area is 158 Å². The summed E-state index contributed by atoms with van der Waals surface area (Å²) < 4.78 is 5.70. The standard InChI is InChI=1S/C21H22ClNO3/c1-14(21(25)23-18-4-2-3-5-18)26-19-12-8-16(9-13-19)20(24)15-6-10-17(22)11-7-15/h6-14,18H,2-5H2,1H3,(H,23,25)/t14-/m0/s1. The van der Waals surface area contributed by atoms with E-state index in [0.717, 1.165) is 12.8 Å². The monoisotopic (exact) mass is 371 g/mol. The molecule has 26 heavy (non-hydrogen) atoms. The molecule has 1 atom stereocenters. The van der Waals surface area contributed by atoms with Gasteiger partial charge >= 0.3 is 0 Å². The Balaban J connectivity index is 1.59. The van der Waals surface area contributed by atoms with Gasteiger partial charge in [0.05, 0.1) is 0 Å². The molecule has 1 fully saturated rings. The molecule has 4 nitrogen and oxygen atoms in total. The fourth-order valence-electron chi connectivity index (χ4n) is 3.10. The molecule has 1 aliphatic carbocycles. The molecule has 0 radical (unpaired) electrons. The number of halogens is 1. The zero-order chi connectivity index (χ0) is 18.5. The quantitative estimate of drug-likeness (QED) is 0.766. The van der Waals surface area contributed by atoms with E-state index >= 15 is 0 Å². The number of benzene rings is 2. The Hall–Kier alpha value is -2.33. The van der Waals surface area contributed by atoms with Gasteiger partial charge in [0.1, 0.15) is 5.75 Å². The second-order valence-electron chi connectivity index (χ2n) is 6.61. The molecule has 0 spiro atoms. The van der Waals surface area contributed by atoms with Crippen LogP contribution < -0.4 is 10.1 Å². The molecule has 1 N–H and O–H groups in total. The maximum atomic E-state index is 12.4. The van der Waals surface area contributed by atoms with Crippen molar-refractivity contribution in [2.75, 3.05) is 0 Å². The van der Waals surface area contributed by atoms with Gasteiger partial charge < -0.3 is 10.1 Å². The number of carbonyl (C=O) groups is 2. The van der Waals surface area contributed by atoms with Crippen molar-refractivity contribution >= 4 is 23.3 Å². The van der Waals surface area contributed by atoms with E-state index in [1.165, 1.54) is 12.8 Å². The Morgan fingerprint density at radius 2 is 1.54 bits per heavy atom. The molecule has 0 saturated heterocycles. The lowest BCUT2D eigenvalue weighted by Crippen LogP contribution is -2.41. The van der Waals surface area contributed by atoms with Gasteiger partial charge in [0.25, 0.3) is 5.91 Å². The van der Waals surface area contributed by atoms with Crippen LogP contribution in [0.25, 0.3) is 0 Å². The third-order valence-electron chi connectivity index (χ3n) is 4.61. The summed E-state index contributed by atoms with van der Waals surface area (Å²) in [5, 5.41) is 3.62. The minimum atomic E-state index is -0.576. The number of carbonyl (C=O) groups excluding carboxylic acids is 2. The molecule has 136 valence electrons. The molecule has 3 rings (SSSR count). The number of ether oxygens (including phenoxy) is 1. The van der Waals surface area contributed by atoms with Gasteiger partial charge in [-0.3, -0.25) is 9.59 Å². The van der Waals surface area contributed by atoms with Crippen LogP contribution in [0.5, 0.6) is 5.75 Å². The summed E-state index contributed by atoms with van der Waals surface area (Å²) >= 11 is 5.85. The second kappa shape index (κ2) is 8.37. The molecular formula is C21H22ClNO3. The van der Waals surface area contributed by atoms with Crippen molar-refractivity contribution in [1.82, 2.24) is 5.32 Å². The highest BCUT2D eigenvalue weighted by atomic mass is 35.5. The van der Waals surface area contributed by atoms with Crippen molar-refractivity contribution < 1.29 is 14.3 Å². The molecule has 1 aliphatic rings. The molecular weight excluding hydrogens is 350 g/mol. The largest absolute Gasteiger partial charge is 0.481 e. The molecule has 5 heteroatoms. The van der Waals surface area contributed by atoms with E-state index in [9.17, 15) is 9.59 Å². The first-order valence-electron chi connectivity index (χ1n) is 8.90. The van der Waals surface area contributed by atoms with Gasteiger partial charge in [-0.15, -0.1) is 0 Å². The van der Waals surface area contributed by atoms with Crippen LogP contribution in [-0.2, 0) is 4.79 Å². The van der Waals surface area contributed by atoms with Crippen LogP contribution in [-0.4, -0.2) is 23.8 Å². The van der Waals surface area contributed by atoms with Crippen LogP contribution >= 0.6 is 11.6 Å². The first kappa shape index (κ1) is 18.5. The van der Waals surface area contributed by atoms with Crippen molar-refractivity contribution in [3.05, 3.63) is 64.7 Å². The Morgan fingerprint density at radius 1 is 1.00 bits per heavy atom. The summed E-state index contributed by atoms with van der Waals surface area (Å²) in [6.45, 7) is 1.73. The maximum absolute atomic E-state index is 12.4. The van der Waals surface area contributed by atoms with E-state index in [4.69, 9.17) is 16.3 Å². The maximum Gasteiger partial charge on any atom is 0.260 e. The van der Waals surface area contributed by atoms with Gasteiger partial charge in [-0.2, -0.15) is 0 Å². The number of nitrogens with one attached hydrogen (secondary N) is 1. The summed E-state index contributed by atoms with van der Waals surface area (Å²) in [4.78, 5) is 24.6. The number of hydrogen-bond acceptors (Lipinski definition) is 3. The first-order valence-corrected chi connectivity index (χ1v) is 9.28. The molecule has 2 aromatic carbocycles. The van der Waals surface area contributed by atoms with Gasteiger partial charge in [0, 0.05) is 22.2 Å². The fraction of sp³-hybridized carbons (Fsp3) is 0.333. The average Bonchev–Trinajstić information content (AvgIpc) is 3.15. The van der Waals surface area contributed by atoms with Crippen molar-refractivity contribution in [3.63, 3.8) is 0 Å². The van der Waals surface area contributed by atoms with Crippen molar-refractivity contribution in [2.45, 2.75) is 44.8 Å². The van der Waals surface area contributed by atoms with Crippen LogP contribution in [0.1, 0.15) is 48.5 Å². The minimum absolute atomic E-state index is 0.0831. The first-order chi connectivity index (χ1) is 12.5. The predicted molar refractivity (Wildman–Crippen MR) is 102 cm³/mol. The number of rotatable bonds is 6. The summed E-state index contributed by atoms with van der Waals surface area (Å²) in [6.07, 6.45) is 3.85. The topological polar surface area (TPSA) is 55.4 Å². The van der Waals surface area contributed by atoms with E-state index < -0.39 is 6.10 Å². The molecule has 1 saturated carbocycles. The van der Waals surface area contributed by atoms with Gasteiger partial charge in [0.15, 0.2) is 11.9 Å². The van der Waals surface area contributed by atoms with Crippen molar-refractivity contribution in [2.24, 2.45) is 0 Å². The van der Waals surface area contributed by atoms with Gasteiger partial charge in [-0.25, -0.2) is 0 Å². The molecule has 0 bridgehead atoms. The van der Waals surface area contributed by atoms with Crippen LogP contribution in [0.2, 0.25) is 5.02 Å². The SMILES string of the molecule is C[C@H](Oc1ccc(C(=O)c2ccc(Cl)cc2)cc1)C(=O)NC1CCCC1. The zero-order valence-corrected chi connectivity index (χ0v) is 15.5. The highest BCUT2D eigenvalue weighted by molar-refractivity contribution is 6.30. The van der Waals surface area contributed by atoms with Crippen LogP contribution in [0.3, 0.4) is 0 Å². The lowest BCUT2D eigenvalue weighted by atomic mass is 10.0. The second-order valence-corrected chi connectivity index (χ2v) is 7.05. The smallest absolute Gasteiger partial charge is 0.260 e. The zero-order valence-electron chi connectivity index (χ0n) is 14.7. The molecule has 0 aliphatic heterocycles. The number of ketones is 1. The number of hydrogen-bond donors (Lipinski definition) is 1. The molecule has 0 heterocycles. The lowest BCUT2D eigenvalue weighted by molar-refractivity contribution is -0.127. The van der Waals surface area contributed by atoms with E-state index in [2.05, 4.69) is 5.32 Å². The highest BCUT2D eigenvalue weighted by Gasteiger charge is 2.21. The van der Waals surface area contributed by atoms with Crippen LogP contribution in [0, 0.1) is 0 Å². The summed E-state index contributed by atoms with van der Waals surface area (Å²) in [7, 11) is 0. The van der Waals surface area contributed by atoms with Crippen LogP contribution in [0.4, 0.5) is 0 Å². The third-order valence-corrected chi connectivity index (χ3v) is 4.86. The van der Waals surface area contributed by atoms with E-state index in [1.54, 1.807) is 55.5 Å². The minimum Gasteiger partial charge on any atom is -0.481 e. The number of amides is 1. The van der Waals surface area contributed by atoms with E-state index in [0.29, 0.717) is 21.9 Å². The molecule has 1 amide bonds. The van der Waals surface area contributed by atoms with Crippen molar-refractivity contribution in [3.8, 4) is 5.75 Å². The fourth-order valence-corrected chi connectivity index (χ4v) is 3.23. The summed E-state index contributed by atoms with van der Waals surface area (Å²) in [6, 6.07) is 13.9. The normalized spacial score (nSPS) is 15.5. The van der Waals surface area contributed by atoms with Gasteiger partial charge in [-0.05, 0) is 68.3 Å². The van der Waals surface area contributed by atoms with E-state index in [-0.39, 0.29) is 17.7 Å². The summed E-state index contributed by atoms with van der Waals surface area (Å²) in [5.41, 5.74) is 1.13. The Bertz CT molecular complexity index is 765. The highest BCUT2D eigenvalue weighted by Crippen LogP contribution is 2.20. The molecule has 0 unspecified atom stereocenters. The van der Waals surface area contributed by atoms with E-state index in [1.807, 2.05) is 0 Å². The third kappa shape index (κ3) is 4.64. The Morgan fingerprint density at radius 3 is 2.12 bits per heavy atom. The lowest BCUT2D eigenvalue weighted by Gasteiger charge is -2.18. The van der Waals surface area contributed by atoms with Gasteiger partial charge in [0.2, 0.25) is 0 Å². The predicted octanol–water partition coefficient (Wildman–Crippen LogP) is 4.40. The van der Waals surface area contributed by atoms with Crippen LogP contribution in [0.15, 0.2) is 48.5 Å². The molecule has 2 aromatic rings. The van der Waals surface area contributed by atoms with Gasteiger partial charge in [-0.1, -0.05) is 24.4 Å². The Kier molecular flexibility index (Phi) is 5.94. The summed E-state index contributed by atoms with van der Waals surface area (Å²) in [5.74, 6) is 0.380. The average molecular weight is 372 g/mol.